The van der Waals surface area contributed by atoms with Crippen molar-refractivity contribution in [2.24, 2.45) is 0 Å². The van der Waals surface area contributed by atoms with Crippen LogP contribution in [0, 0.1) is 10.1 Å². The summed E-state index contributed by atoms with van der Waals surface area (Å²) in [6.07, 6.45) is 1.10. The fraction of sp³-hybridized carbons (Fsp3) is 0.190. The lowest BCUT2D eigenvalue weighted by Gasteiger charge is -2.33. The zero-order valence-corrected chi connectivity index (χ0v) is 17.5. The predicted octanol–water partition coefficient (Wildman–Crippen LogP) is 4.88. The van der Waals surface area contributed by atoms with Gasteiger partial charge in [0.25, 0.3) is 5.69 Å². The number of hydrogen-bond acceptors (Lipinski definition) is 7. The number of nitro benzene ring substituents is 1. The molecule has 2 aromatic carbocycles. The van der Waals surface area contributed by atoms with Crippen LogP contribution >= 0.6 is 19.3 Å². The minimum Gasteiger partial charge on any atom is -0.297 e. The maximum Gasteiger partial charge on any atom is 0.341 e. The molecule has 0 N–H and O–H groups in total. The number of carbonyl (C=O) groups excluding carboxylic acids is 2. The average molecular weight is 457 g/mol. The van der Waals surface area contributed by atoms with E-state index in [2.05, 4.69) is 4.98 Å². The van der Waals surface area contributed by atoms with Gasteiger partial charge in [-0.3, -0.25) is 19.7 Å². The SMILES string of the molecule is O=C1CC[C@@H](c2cccc(Cl)c2)C(=O)C1(c1cnc2c([N+](=O)[O-])cccc2c1)P(=O)=O. The van der Waals surface area contributed by atoms with Crippen molar-refractivity contribution < 1.29 is 23.6 Å². The van der Waals surface area contributed by atoms with Crippen LogP contribution in [0.4, 0.5) is 5.69 Å². The summed E-state index contributed by atoms with van der Waals surface area (Å²) < 4.78 is 25.0. The number of nitrogens with zero attached hydrogens (tertiary/aromatic N) is 2. The van der Waals surface area contributed by atoms with Gasteiger partial charge in [-0.25, -0.2) is 14.1 Å². The van der Waals surface area contributed by atoms with Crippen molar-refractivity contribution in [1.82, 2.24) is 4.98 Å². The molecular formula is C21H14ClN2O6P. The summed E-state index contributed by atoms with van der Waals surface area (Å²) in [4.78, 5) is 41.2. The number of ketones is 2. The normalized spacial score (nSPS) is 21.3. The molecular weight excluding hydrogens is 443 g/mol. The van der Waals surface area contributed by atoms with Crippen LogP contribution in [0.25, 0.3) is 10.9 Å². The van der Waals surface area contributed by atoms with Crippen molar-refractivity contribution in [3.63, 3.8) is 0 Å². The summed E-state index contributed by atoms with van der Waals surface area (Å²) in [6, 6.07) is 12.0. The number of nitro groups is 1. The third-order valence-corrected chi connectivity index (χ3v) is 7.08. The molecule has 0 radical (unpaired) electrons. The van der Waals surface area contributed by atoms with Gasteiger partial charge in [-0.05, 0) is 30.2 Å². The van der Waals surface area contributed by atoms with Crippen molar-refractivity contribution in [1.29, 1.82) is 0 Å². The van der Waals surface area contributed by atoms with E-state index in [-0.39, 0.29) is 35.0 Å². The number of halogens is 1. The van der Waals surface area contributed by atoms with Crippen molar-refractivity contribution in [3.8, 4) is 0 Å². The van der Waals surface area contributed by atoms with Gasteiger partial charge < -0.3 is 0 Å². The highest BCUT2D eigenvalue weighted by Gasteiger charge is 2.58. The van der Waals surface area contributed by atoms with E-state index in [1.54, 1.807) is 24.3 Å². The molecule has 1 aliphatic rings. The van der Waals surface area contributed by atoms with E-state index in [4.69, 9.17) is 11.6 Å². The molecule has 0 aliphatic heterocycles. The number of fused-ring (bicyclic) bond motifs is 1. The Labute approximate surface area is 181 Å². The second-order valence-electron chi connectivity index (χ2n) is 7.23. The van der Waals surface area contributed by atoms with Gasteiger partial charge in [0.1, 0.15) is 5.52 Å². The summed E-state index contributed by atoms with van der Waals surface area (Å²) in [5.74, 6) is -2.35. The van der Waals surface area contributed by atoms with Crippen LogP contribution in [0.15, 0.2) is 54.7 Å². The van der Waals surface area contributed by atoms with E-state index in [1.165, 1.54) is 24.3 Å². The third kappa shape index (κ3) is 3.28. The Morgan fingerprint density at radius 1 is 1.13 bits per heavy atom. The molecule has 0 saturated heterocycles. The van der Waals surface area contributed by atoms with Gasteiger partial charge in [0, 0.05) is 40.6 Å². The van der Waals surface area contributed by atoms with Crippen molar-refractivity contribution >= 4 is 47.4 Å². The topological polar surface area (TPSA) is 124 Å². The van der Waals surface area contributed by atoms with Crippen LogP contribution in [-0.4, -0.2) is 21.5 Å². The summed E-state index contributed by atoms with van der Waals surface area (Å²) in [6.45, 7) is 0. The highest BCUT2D eigenvalue weighted by molar-refractivity contribution is 7.36. The fourth-order valence-corrected chi connectivity index (χ4v) is 5.29. The molecule has 1 aromatic heterocycles. The van der Waals surface area contributed by atoms with Gasteiger partial charge in [-0.1, -0.05) is 35.9 Å². The van der Waals surface area contributed by atoms with E-state index in [0.717, 1.165) is 6.20 Å². The average Bonchev–Trinajstić information content (AvgIpc) is 2.73. The number of rotatable bonds is 4. The Morgan fingerprint density at radius 2 is 1.87 bits per heavy atom. The second kappa shape index (κ2) is 7.80. The van der Waals surface area contributed by atoms with E-state index in [9.17, 15) is 28.8 Å². The van der Waals surface area contributed by atoms with Crippen molar-refractivity contribution in [3.05, 3.63) is 81.0 Å². The van der Waals surface area contributed by atoms with Gasteiger partial charge in [-0.2, -0.15) is 0 Å². The molecule has 156 valence electrons. The van der Waals surface area contributed by atoms with Gasteiger partial charge in [0.2, 0.25) is 5.16 Å². The maximum absolute atomic E-state index is 13.5. The molecule has 0 spiro atoms. The van der Waals surface area contributed by atoms with E-state index < -0.39 is 35.2 Å². The van der Waals surface area contributed by atoms with Crippen LogP contribution in [0.3, 0.4) is 0 Å². The van der Waals surface area contributed by atoms with Crippen molar-refractivity contribution in [2.45, 2.75) is 23.9 Å². The Bertz CT molecular complexity index is 1330. The Hall–Kier alpha value is -3.22. The molecule has 3 aromatic rings. The molecule has 8 nitrogen and oxygen atoms in total. The zero-order valence-electron chi connectivity index (χ0n) is 15.9. The van der Waals surface area contributed by atoms with Crippen LogP contribution < -0.4 is 0 Å². The lowest BCUT2D eigenvalue weighted by Crippen LogP contribution is -2.46. The molecule has 0 bridgehead atoms. The van der Waals surface area contributed by atoms with Crippen LogP contribution in [0.1, 0.15) is 29.9 Å². The largest absolute Gasteiger partial charge is 0.341 e. The first-order valence-electron chi connectivity index (χ1n) is 9.28. The van der Waals surface area contributed by atoms with Crippen LogP contribution in [-0.2, 0) is 23.9 Å². The minimum absolute atomic E-state index is 0.0367. The van der Waals surface area contributed by atoms with E-state index in [0.29, 0.717) is 10.6 Å². The second-order valence-corrected chi connectivity index (χ2v) is 8.85. The van der Waals surface area contributed by atoms with Crippen molar-refractivity contribution in [2.75, 3.05) is 0 Å². The van der Waals surface area contributed by atoms with Crippen LogP contribution in [0.5, 0.6) is 0 Å². The number of benzene rings is 2. The fourth-order valence-electron chi connectivity index (χ4n) is 4.11. The van der Waals surface area contributed by atoms with Gasteiger partial charge in [0.15, 0.2) is 11.6 Å². The molecule has 0 amide bonds. The molecule has 31 heavy (non-hydrogen) atoms. The van der Waals surface area contributed by atoms with Gasteiger partial charge >= 0.3 is 7.68 Å². The highest BCUT2D eigenvalue weighted by atomic mass is 35.5. The lowest BCUT2D eigenvalue weighted by molar-refractivity contribution is -0.383. The molecule has 1 saturated carbocycles. The first-order valence-corrected chi connectivity index (χ1v) is 10.8. The summed E-state index contributed by atoms with van der Waals surface area (Å²) in [5, 5.41) is 9.49. The number of carbonyl (C=O) groups is 2. The quantitative estimate of drug-likeness (QED) is 0.237. The molecule has 1 unspecified atom stereocenters. The lowest BCUT2D eigenvalue weighted by atomic mass is 9.72. The Balaban J connectivity index is 1.92. The Morgan fingerprint density at radius 3 is 2.55 bits per heavy atom. The highest BCUT2D eigenvalue weighted by Crippen LogP contribution is 2.50. The first-order chi connectivity index (χ1) is 14.8. The van der Waals surface area contributed by atoms with Gasteiger partial charge in [0.05, 0.1) is 4.92 Å². The number of Topliss-reactive ketones (excluding diaryl/α,β-unsaturated/α-hetero) is 2. The minimum atomic E-state index is -3.56. The van der Waals surface area contributed by atoms with Crippen LogP contribution in [0.2, 0.25) is 5.02 Å². The molecule has 1 aliphatic carbocycles. The summed E-state index contributed by atoms with van der Waals surface area (Å²) in [5.41, 5.74) is 0.186. The third-order valence-electron chi connectivity index (χ3n) is 5.57. The molecule has 10 heteroatoms. The number of hydrogen-bond donors (Lipinski definition) is 0. The van der Waals surface area contributed by atoms with E-state index >= 15 is 0 Å². The number of pyridine rings is 1. The Kier molecular flexibility index (Phi) is 5.29. The first kappa shape index (κ1) is 21.0. The molecule has 2 atom stereocenters. The number of non-ortho nitro benzene ring substituents is 1. The van der Waals surface area contributed by atoms with Gasteiger partial charge in [-0.15, -0.1) is 0 Å². The maximum atomic E-state index is 13.5. The standard InChI is InChI=1S/C21H14ClN2O6P/c22-15-5-1-3-12(10-15)16-7-8-18(25)21(20(16)26,31(29)30)14-9-13-4-2-6-17(24(27)28)19(13)23-11-14/h1-6,9-11,16H,7-8H2/t16-,21?/m0/s1. The molecule has 1 fully saturated rings. The molecule has 1 heterocycles. The number of aromatic nitrogens is 1. The summed E-state index contributed by atoms with van der Waals surface area (Å²) >= 11 is 6.03. The van der Waals surface area contributed by atoms with E-state index in [1.807, 2.05) is 0 Å². The zero-order chi connectivity index (χ0) is 22.3. The monoisotopic (exact) mass is 456 g/mol. The number of para-hydroxylation sites is 1. The summed E-state index contributed by atoms with van der Waals surface area (Å²) in [7, 11) is -3.56. The predicted molar refractivity (Wildman–Crippen MR) is 112 cm³/mol. The smallest absolute Gasteiger partial charge is 0.297 e. The molecule has 4 rings (SSSR count).